The van der Waals surface area contributed by atoms with E-state index in [1.807, 2.05) is 43.3 Å². The topological polar surface area (TPSA) is 84.5 Å². The van der Waals surface area contributed by atoms with Gasteiger partial charge in [0.25, 0.3) is 5.91 Å². The van der Waals surface area contributed by atoms with Crippen molar-refractivity contribution in [3.63, 3.8) is 0 Å². The largest absolute Gasteiger partial charge is 0.461 e. The van der Waals surface area contributed by atoms with Crippen LogP contribution in [0.5, 0.6) is 0 Å². The molecule has 0 bridgehead atoms. The van der Waals surface area contributed by atoms with Gasteiger partial charge < -0.3 is 15.4 Å². The van der Waals surface area contributed by atoms with Crippen molar-refractivity contribution in [3.8, 4) is 0 Å². The summed E-state index contributed by atoms with van der Waals surface area (Å²) in [6, 6.07) is 17.3. The van der Waals surface area contributed by atoms with E-state index >= 15 is 0 Å². The summed E-state index contributed by atoms with van der Waals surface area (Å²) >= 11 is 0. The molecule has 2 amide bonds. The minimum atomic E-state index is -0.802. The van der Waals surface area contributed by atoms with Crippen molar-refractivity contribution in [3.05, 3.63) is 71.8 Å². The number of carbonyl (C=O) groups is 3. The van der Waals surface area contributed by atoms with Crippen molar-refractivity contribution in [1.29, 1.82) is 0 Å². The van der Waals surface area contributed by atoms with E-state index < -0.39 is 12.0 Å². The van der Waals surface area contributed by atoms with Crippen LogP contribution in [0.15, 0.2) is 60.7 Å². The molecule has 2 aromatic carbocycles. The summed E-state index contributed by atoms with van der Waals surface area (Å²) in [4.78, 5) is 37.0. The predicted octanol–water partition coefficient (Wildman–Crippen LogP) is 3.22. The Kier molecular flexibility index (Phi) is 9.42. The molecule has 6 heteroatoms. The molecule has 0 aliphatic carbocycles. The highest BCUT2D eigenvalue weighted by Gasteiger charge is 2.22. The Morgan fingerprint density at radius 2 is 1.62 bits per heavy atom. The molecule has 0 aliphatic heterocycles. The fourth-order valence-electron chi connectivity index (χ4n) is 2.68. The molecule has 2 rings (SSSR count). The molecule has 2 aromatic rings. The number of benzene rings is 2. The normalized spacial score (nSPS) is 11.3. The Bertz CT molecular complexity index is 778. The number of amides is 2. The second kappa shape index (κ2) is 12.3. The minimum Gasteiger partial charge on any atom is -0.461 e. The maximum atomic E-state index is 12.5. The molecule has 0 saturated carbocycles. The van der Waals surface area contributed by atoms with Crippen LogP contribution in [0.2, 0.25) is 0 Å². The van der Waals surface area contributed by atoms with Crippen LogP contribution in [-0.2, 0) is 20.9 Å². The first kappa shape index (κ1) is 22.1. The van der Waals surface area contributed by atoms with E-state index in [0.717, 1.165) is 18.4 Å². The van der Waals surface area contributed by atoms with Crippen molar-refractivity contribution >= 4 is 17.8 Å². The summed E-state index contributed by atoms with van der Waals surface area (Å²) in [7, 11) is 0. The van der Waals surface area contributed by atoms with Gasteiger partial charge in [-0.2, -0.15) is 0 Å². The maximum Gasteiger partial charge on any atom is 0.306 e. The third kappa shape index (κ3) is 8.17. The van der Waals surface area contributed by atoms with Gasteiger partial charge >= 0.3 is 5.97 Å². The fraction of sp³-hybridized carbons (Fsp3) is 0.348. The number of nitrogens with one attached hydrogen (secondary N) is 2. The number of unbranched alkanes of at least 4 members (excludes halogenated alkanes) is 1. The Labute approximate surface area is 171 Å². The Morgan fingerprint density at radius 1 is 0.966 bits per heavy atom. The second-order valence-corrected chi connectivity index (χ2v) is 6.72. The van der Waals surface area contributed by atoms with E-state index in [1.165, 1.54) is 0 Å². The van der Waals surface area contributed by atoms with Crippen LogP contribution in [0.1, 0.15) is 48.5 Å². The molecule has 6 nitrogen and oxygen atoms in total. The predicted molar refractivity (Wildman–Crippen MR) is 111 cm³/mol. The van der Waals surface area contributed by atoms with E-state index in [1.54, 1.807) is 24.3 Å². The molecular formula is C23H28N2O4. The lowest BCUT2D eigenvalue weighted by Crippen LogP contribution is -2.47. The van der Waals surface area contributed by atoms with Crippen LogP contribution in [0, 0.1) is 0 Å². The van der Waals surface area contributed by atoms with Crippen LogP contribution in [0.25, 0.3) is 0 Å². The highest BCUT2D eigenvalue weighted by atomic mass is 16.5. The van der Waals surface area contributed by atoms with E-state index in [0.29, 0.717) is 12.1 Å². The molecule has 0 radical (unpaired) electrons. The molecule has 2 N–H and O–H groups in total. The van der Waals surface area contributed by atoms with E-state index in [-0.39, 0.29) is 31.3 Å². The summed E-state index contributed by atoms with van der Waals surface area (Å²) < 4.78 is 5.26. The molecular weight excluding hydrogens is 368 g/mol. The Morgan fingerprint density at radius 3 is 2.28 bits per heavy atom. The van der Waals surface area contributed by atoms with Crippen LogP contribution in [0.3, 0.4) is 0 Å². The zero-order chi connectivity index (χ0) is 20.9. The van der Waals surface area contributed by atoms with Gasteiger partial charge in [-0.3, -0.25) is 14.4 Å². The van der Waals surface area contributed by atoms with Gasteiger partial charge in [0.05, 0.1) is 0 Å². The number of ether oxygens (including phenoxy) is 1. The first-order chi connectivity index (χ1) is 14.1. The van der Waals surface area contributed by atoms with Crippen molar-refractivity contribution in [2.45, 2.75) is 45.3 Å². The summed E-state index contributed by atoms with van der Waals surface area (Å²) in [5, 5.41) is 5.55. The third-order valence-electron chi connectivity index (χ3n) is 4.37. The first-order valence-electron chi connectivity index (χ1n) is 9.93. The van der Waals surface area contributed by atoms with Crippen molar-refractivity contribution in [2.24, 2.45) is 0 Å². The number of hydrogen-bond acceptors (Lipinski definition) is 4. The van der Waals surface area contributed by atoms with Gasteiger partial charge in [-0.1, -0.05) is 61.9 Å². The Balaban J connectivity index is 1.90. The van der Waals surface area contributed by atoms with Crippen molar-refractivity contribution < 1.29 is 19.1 Å². The van der Waals surface area contributed by atoms with Gasteiger partial charge in [-0.05, 0) is 30.5 Å². The van der Waals surface area contributed by atoms with Gasteiger partial charge in [0, 0.05) is 18.5 Å². The summed E-state index contributed by atoms with van der Waals surface area (Å²) in [5.74, 6) is -1.05. The molecule has 0 aliphatic rings. The lowest BCUT2D eigenvalue weighted by atomic mass is 10.1. The zero-order valence-corrected chi connectivity index (χ0v) is 16.7. The average Bonchev–Trinajstić information content (AvgIpc) is 2.76. The molecule has 0 aromatic heterocycles. The molecule has 0 spiro atoms. The monoisotopic (exact) mass is 396 g/mol. The molecule has 0 heterocycles. The maximum absolute atomic E-state index is 12.5. The van der Waals surface area contributed by atoms with Crippen LogP contribution in [-0.4, -0.2) is 30.4 Å². The lowest BCUT2D eigenvalue weighted by Gasteiger charge is -2.18. The van der Waals surface area contributed by atoms with Gasteiger partial charge in [-0.15, -0.1) is 0 Å². The highest BCUT2D eigenvalue weighted by Crippen LogP contribution is 2.06. The minimum absolute atomic E-state index is 0.0355. The number of esters is 1. The van der Waals surface area contributed by atoms with E-state index in [2.05, 4.69) is 10.6 Å². The number of carbonyl (C=O) groups excluding carboxylic acids is 3. The quantitative estimate of drug-likeness (QED) is 0.451. The molecule has 29 heavy (non-hydrogen) atoms. The molecule has 1 atom stereocenters. The van der Waals surface area contributed by atoms with Gasteiger partial charge in [0.15, 0.2) is 0 Å². The summed E-state index contributed by atoms with van der Waals surface area (Å²) in [6.07, 6.45) is 2.01. The molecule has 0 fully saturated rings. The van der Waals surface area contributed by atoms with E-state index in [4.69, 9.17) is 4.74 Å². The third-order valence-corrected chi connectivity index (χ3v) is 4.37. The van der Waals surface area contributed by atoms with Gasteiger partial charge in [0.2, 0.25) is 5.91 Å². The fourth-order valence-corrected chi connectivity index (χ4v) is 2.68. The standard InChI is InChI=1S/C23H28N2O4/c1-2-3-16-24-23(28)20(25-22(27)19-12-8-5-9-13-19)14-15-21(26)29-17-18-10-6-4-7-11-18/h4-13,20H,2-3,14-17H2,1H3,(H,24,28)(H,25,27). The van der Waals surface area contributed by atoms with Crippen LogP contribution in [0.4, 0.5) is 0 Å². The smallest absolute Gasteiger partial charge is 0.306 e. The lowest BCUT2D eigenvalue weighted by molar-refractivity contribution is -0.145. The van der Waals surface area contributed by atoms with Crippen molar-refractivity contribution in [2.75, 3.05) is 6.54 Å². The number of rotatable bonds is 11. The molecule has 1 unspecified atom stereocenters. The Hall–Kier alpha value is -3.15. The highest BCUT2D eigenvalue weighted by molar-refractivity contribution is 5.97. The van der Waals surface area contributed by atoms with Crippen molar-refractivity contribution in [1.82, 2.24) is 10.6 Å². The van der Waals surface area contributed by atoms with Crippen LogP contribution >= 0.6 is 0 Å². The SMILES string of the molecule is CCCCNC(=O)C(CCC(=O)OCc1ccccc1)NC(=O)c1ccccc1. The van der Waals surface area contributed by atoms with E-state index in [9.17, 15) is 14.4 Å². The molecule has 154 valence electrons. The first-order valence-corrected chi connectivity index (χ1v) is 9.93. The second-order valence-electron chi connectivity index (χ2n) is 6.72. The average molecular weight is 396 g/mol. The zero-order valence-electron chi connectivity index (χ0n) is 16.7. The van der Waals surface area contributed by atoms with Gasteiger partial charge in [0.1, 0.15) is 12.6 Å². The molecule has 0 saturated heterocycles. The summed E-state index contributed by atoms with van der Waals surface area (Å²) in [5.41, 5.74) is 1.36. The van der Waals surface area contributed by atoms with Gasteiger partial charge in [-0.25, -0.2) is 0 Å². The summed E-state index contributed by atoms with van der Waals surface area (Å²) in [6.45, 7) is 2.75. The number of hydrogen-bond donors (Lipinski definition) is 2. The van der Waals surface area contributed by atoms with Crippen LogP contribution < -0.4 is 10.6 Å².